The second-order valence-electron chi connectivity index (χ2n) is 3.04. The fourth-order valence-electron chi connectivity index (χ4n) is 0.937. The summed E-state index contributed by atoms with van der Waals surface area (Å²) in [6.07, 6.45) is 2.06. The summed E-state index contributed by atoms with van der Waals surface area (Å²) in [6.45, 7) is 0.159. The van der Waals surface area contributed by atoms with Gasteiger partial charge in [-0.25, -0.2) is 9.78 Å². The molecule has 0 aliphatic rings. The van der Waals surface area contributed by atoms with Crippen molar-refractivity contribution >= 4 is 23.5 Å². The smallest absolute Gasteiger partial charge is 0.371 e. The Bertz CT molecular complexity index is 456. The average molecular weight is 257 g/mol. The van der Waals surface area contributed by atoms with Crippen LogP contribution < -0.4 is 5.32 Å². The molecular weight excluding hydrogens is 248 g/mol. The van der Waals surface area contributed by atoms with E-state index in [0.717, 1.165) is 0 Å². The molecular formula is C10H9ClN2O4. The van der Waals surface area contributed by atoms with Crippen LogP contribution >= 0.6 is 11.6 Å². The summed E-state index contributed by atoms with van der Waals surface area (Å²) in [4.78, 5) is 25.2. The summed E-state index contributed by atoms with van der Waals surface area (Å²) < 4.78 is 0. The molecule has 90 valence electrons. The van der Waals surface area contributed by atoms with Crippen molar-refractivity contribution in [2.75, 3.05) is 0 Å². The first-order chi connectivity index (χ1) is 7.99. The molecule has 7 heteroatoms. The van der Waals surface area contributed by atoms with Crippen LogP contribution in [0.1, 0.15) is 5.56 Å². The number of carboxylic acids is 1. The third-order valence-corrected chi connectivity index (χ3v) is 1.97. The number of aliphatic carboxylic acids is 1. The van der Waals surface area contributed by atoms with Crippen LogP contribution in [0.2, 0.25) is 5.15 Å². The molecule has 1 aromatic rings. The van der Waals surface area contributed by atoms with E-state index in [0.29, 0.717) is 16.8 Å². The molecule has 0 saturated carbocycles. The van der Waals surface area contributed by atoms with Crippen LogP contribution in [0.15, 0.2) is 30.2 Å². The Labute approximate surface area is 102 Å². The zero-order valence-corrected chi connectivity index (χ0v) is 9.31. The molecule has 0 aliphatic heterocycles. The van der Waals surface area contributed by atoms with Crippen molar-refractivity contribution in [2.24, 2.45) is 0 Å². The first-order valence-electron chi connectivity index (χ1n) is 4.51. The van der Waals surface area contributed by atoms with Crippen LogP contribution in [0.3, 0.4) is 0 Å². The number of rotatable bonds is 4. The van der Waals surface area contributed by atoms with Gasteiger partial charge in [0.1, 0.15) is 5.15 Å². The van der Waals surface area contributed by atoms with E-state index in [9.17, 15) is 9.59 Å². The van der Waals surface area contributed by atoms with Gasteiger partial charge in [0.05, 0.1) is 6.08 Å². The number of hydrogen-bond donors (Lipinski definition) is 3. The molecule has 0 saturated heterocycles. The third-order valence-electron chi connectivity index (χ3n) is 1.74. The largest absolute Gasteiger partial charge is 0.502 e. The highest BCUT2D eigenvalue weighted by molar-refractivity contribution is 6.29. The average Bonchev–Trinajstić information content (AvgIpc) is 2.28. The van der Waals surface area contributed by atoms with E-state index in [1.807, 2.05) is 0 Å². The molecule has 3 N–H and O–H groups in total. The van der Waals surface area contributed by atoms with Crippen LogP contribution in [-0.2, 0) is 16.1 Å². The van der Waals surface area contributed by atoms with Crippen molar-refractivity contribution in [3.63, 3.8) is 0 Å². The third kappa shape index (κ3) is 4.52. The van der Waals surface area contributed by atoms with Gasteiger partial charge in [-0.2, -0.15) is 0 Å². The van der Waals surface area contributed by atoms with Crippen molar-refractivity contribution in [1.29, 1.82) is 0 Å². The topological polar surface area (TPSA) is 99.5 Å². The maximum Gasteiger partial charge on any atom is 0.371 e. The highest BCUT2D eigenvalue weighted by Crippen LogP contribution is 2.04. The van der Waals surface area contributed by atoms with Gasteiger partial charge in [-0.3, -0.25) is 4.79 Å². The first-order valence-corrected chi connectivity index (χ1v) is 4.89. The summed E-state index contributed by atoms with van der Waals surface area (Å²) in [6, 6.07) is 3.23. The molecule has 0 spiro atoms. The first kappa shape index (κ1) is 13.0. The number of nitrogens with one attached hydrogen (secondary N) is 1. The maximum absolute atomic E-state index is 11.1. The van der Waals surface area contributed by atoms with Gasteiger partial charge in [-0.05, 0) is 11.6 Å². The van der Waals surface area contributed by atoms with E-state index >= 15 is 0 Å². The molecule has 0 atom stereocenters. The van der Waals surface area contributed by atoms with Crippen molar-refractivity contribution in [1.82, 2.24) is 10.3 Å². The Balaban J connectivity index is 2.51. The molecule has 1 rings (SSSR count). The minimum atomic E-state index is -1.56. The van der Waals surface area contributed by atoms with Gasteiger partial charge >= 0.3 is 5.97 Å². The lowest BCUT2D eigenvalue weighted by Gasteiger charge is -2.02. The molecule has 1 amide bonds. The monoisotopic (exact) mass is 256 g/mol. The summed E-state index contributed by atoms with van der Waals surface area (Å²) in [5.41, 5.74) is 0.700. The zero-order valence-electron chi connectivity index (χ0n) is 8.55. The van der Waals surface area contributed by atoms with Gasteiger partial charge in [0, 0.05) is 12.7 Å². The molecule has 0 aromatic carbocycles. The number of halogens is 1. The number of carbonyl (C=O) groups is 2. The van der Waals surface area contributed by atoms with Crippen LogP contribution in [0, 0.1) is 0 Å². The van der Waals surface area contributed by atoms with Crippen LogP contribution in [0.5, 0.6) is 0 Å². The Kier molecular flexibility index (Phi) is 4.47. The second kappa shape index (κ2) is 5.86. The van der Waals surface area contributed by atoms with E-state index in [2.05, 4.69) is 10.3 Å². The van der Waals surface area contributed by atoms with Gasteiger partial charge in [0.2, 0.25) is 11.7 Å². The van der Waals surface area contributed by atoms with E-state index < -0.39 is 17.6 Å². The van der Waals surface area contributed by atoms with Crippen LogP contribution in [0.25, 0.3) is 0 Å². The standard InChI is InChI=1S/C10H9ClN2O4/c11-8-2-1-6(4-12-8)5-13-9(15)3-7(14)10(16)17/h1-4,14H,5H2,(H,13,15)(H,16,17)/b7-3-. The minimum absolute atomic E-state index is 0.159. The lowest BCUT2D eigenvalue weighted by atomic mass is 10.3. The molecule has 0 unspecified atom stereocenters. The number of hydrogen-bond acceptors (Lipinski definition) is 4. The molecule has 1 aromatic heterocycles. The van der Waals surface area contributed by atoms with E-state index in [1.165, 1.54) is 6.20 Å². The maximum atomic E-state index is 11.1. The Hall–Kier alpha value is -2.08. The van der Waals surface area contributed by atoms with Gasteiger partial charge in [0.15, 0.2) is 0 Å². The Morgan fingerprint density at radius 2 is 2.12 bits per heavy atom. The number of carboxylic acid groups (broad SMARTS) is 1. The molecule has 0 aliphatic carbocycles. The Morgan fingerprint density at radius 3 is 2.65 bits per heavy atom. The molecule has 6 nitrogen and oxygen atoms in total. The fourth-order valence-corrected chi connectivity index (χ4v) is 1.05. The number of amides is 1. The summed E-state index contributed by atoms with van der Waals surface area (Å²) >= 11 is 5.57. The van der Waals surface area contributed by atoms with Crippen LogP contribution in [0.4, 0.5) is 0 Å². The molecule has 17 heavy (non-hydrogen) atoms. The van der Waals surface area contributed by atoms with Crippen molar-refractivity contribution in [3.05, 3.63) is 40.9 Å². The molecule has 0 radical (unpaired) electrons. The van der Waals surface area contributed by atoms with Gasteiger partial charge in [-0.1, -0.05) is 17.7 Å². The molecule has 0 fully saturated rings. The SMILES string of the molecule is O=C(/C=C(\O)C(=O)O)NCc1ccc(Cl)nc1. The summed E-state index contributed by atoms with van der Waals surface area (Å²) in [7, 11) is 0. The highest BCUT2D eigenvalue weighted by Gasteiger charge is 2.06. The molecule has 0 bridgehead atoms. The summed E-state index contributed by atoms with van der Waals surface area (Å²) in [5, 5.41) is 19.8. The second-order valence-corrected chi connectivity index (χ2v) is 3.43. The number of carbonyl (C=O) groups excluding carboxylic acids is 1. The predicted molar refractivity (Wildman–Crippen MR) is 59.4 cm³/mol. The Morgan fingerprint density at radius 1 is 1.41 bits per heavy atom. The predicted octanol–water partition coefficient (Wildman–Crippen LogP) is 0.878. The zero-order chi connectivity index (χ0) is 12.8. The fraction of sp³-hybridized carbons (Fsp3) is 0.100. The number of aliphatic hydroxyl groups is 1. The van der Waals surface area contributed by atoms with Crippen molar-refractivity contribution in [2.45, 2.75) is 6.54 Å². The number of aliphatic hydroxyl groups excluding tert-OH is 1. The van der Waals surface area contributed by atoms with Gasteiger partial charge in [0.25, 0.3) is 0 Å². The van der Waals surface area contributed by atoms with Crippen molar-refractivity contribution < 1.29 is 19.8 Å². The quantitative estimate of drug-likeness (QED) is 0.422. The lowest BCUT2D eigenvalue weighted by Crippen LogP contribution is -2.21. The van der Waals surface area contributed by atoms with Gasteiger partial charge < -0.3 is 15.5 Å². The normalized spacial score (nSPS) is 11.0. The van der Waals surface area contributed by atoms with E-state index in [-0.39, 0.29) is 6.54 Å². The lowest BCUT2D eigenvalue weighted by molar-refractivity contribution is -0.136. The molecule has 1 heterocycles. The number of nitrogens with zero attached hydrogens (tertiary/aromatic N) is 1. The van der Waals surface area contributed by atoms with E-state index in [4.69, 9.17) is 21.8 Å². The van der Waals surface area contributed by atoms with Crippen molar-refractivity contribution in [3.8, 4) is 0 Å². The minimum Gasteiger partial charge on any atom is -0.502 e. The number of aromatic nitrogens is 1. The van der Waals surface area contributed by atoms with E-state index in [1.54, 1.807) is 12.1 Å². The van der Waals surface area contributed by atoms with Crippen LogP contribution in [-0.4, -0.2) is 27.1 Å². The number of pyridine rings is 1. The summed E-state index contributed by atoms with van der Waals surface area (Å²) in [5.74, 6) is -3.29. The highest BCUT2D eigenvalue weighted by atomic mass is 35.5. The van der Waals surface area contributed by atoms with Gasteiger partial charge in [-0.15, -0.1) is 0 Å².